The van der Waals surface area contributed by atoms with E-state index in [9.17, 15) is 15.0 Å². The molecule has 0 radical (unpaired) electrons. The van der Waals surface area contributed by atoms with Crippen LogP contribution >= 0.6 is 0 Å². The average Bonchev–Trinajstić information content (AvgIpc) is 2.72. The number of likely N-dealkylation sites (tertiary alicyclic amines) is 1. The van der Waals surface area contributed by atoms with Crippen LogP contribution in [0.3, 0.4) is 0 Å². The molecule has 1 amide bonds. The van der Waals surface area contributed by atoms with E-state index in [2.05, 4.69) is 0 Å². The summed E-state index contributed by atoms with van der Waals surface area (Å²) < 4.78 is 0. The van der Waals surface area contributed by atoms with E-state index >= 15 is 0 Å². The zero-order valence-corrected chi connectivity index (χ0v) is 12.0. The molecule has 0 aromatic heterocycles. The van der Waals surface area contributed by atoms with Crippen molar-refractivity contribution in [1.29, 1.82) is 0 Å². The van der Waals surface area contributed by atoms with Gasteiger partial charge in [0, 0.05) is 19.1 Å². The lowest BCUT2D eigenvalue weighted by atomic mass is 10.1. The minimum atomic E-state index is -0.427. The van der Waals surface area contributed by atoms with E-state index in [0.717, 1.165) is 12.1 Å². The molecule has 0 saturated carbocycles. The van der Waals surface area contributed by atoms with Crippen molar-refractivity contribution in [2.24, 2.45) is 0 Å². The first kappa shape index (κ1) is 14.8. The quantitative estimate of drug-likeness (QED) is 0.840. The van der Waals surface area contributed by atoms with E-state index in [0.29, 0.717) is 19.4 Å². The molecule has 1 heterocycles. The largest absolute Gasteiger partial charge is 0.508 e. The fourth-order valence-electron chi connectivity index (χ4n) is 2.68. The molecule has 5 heteroatoms. The molecule has 2 rings (SSSR count). The minimum absolute atomic E-state index is 0.0269. The van der Waals surface area contributed by atoms with Crippen molar-refractivity contribution >= 4 is 5.91 Å². The van der Waals surface area contributed by atoms with Crippen LogP contribution in [-0.4, -0.2) is 65.3 Å². The van der Waals surface area contributed by atoms with Gasteiger partial charge >= 0.3 is 0 Å². The topological polar surface area (TPSA) is 64.0 Å². The number of aliphatic hydroxyl groups is 1. The summed E-state index contributed by atoms with van der Waals surface area (Å²) in [6.45, 7) is 1.17. The van der Waals surface area contributed by atoms with Gasteiger partial charge in [0.1, 0.15) is 5.75 Å². The number of carbonyl (C=O) groups is 1. The molecule has 1 saturated heterocycles. The SMILES string of the molecule is CN(C)CC1CC(O)CN1C(=O)Cc1ccc(O)cc1. The second-order valence-corrected chi connectivity index (χ2v) is 5.69. The van der Waals surface area contributed by atoms with Gasteiger partial charge in [0.05, 0.1) is 12.5 Å². The minimum Gasteiger partial charge on any atom is -0.508 e. The molecule has 1 aromatic rings. The number of β-amino-alcohol motifs (C(OH)–C–C–N with tert-alkyl or cyclic N) is 1. The van der Waals surface area contributed by atoms with E-state index in [4.69, 9.17) is 0 Å². The molecule has 0 bridgehead atoms. The number of carbonyl (C=O) groups excluding carboxylic acids is 1. The highest BCUT2D eigenvalue weighted by Gasteiger charge is 2.34. The number of hydrogen-bond acceptors (Lipinski definition) is 4. The summed E-state index contributed by atoms with van der Waals surface area (Å²) in [6, 6.07) is 6.74. The number of phenols is 1. The third kappa shape index (κ3) is 3.71. The maximum absolute atomic E-state index is 12.4. The van der Waals surface area contributed by atoms with Crippen LogP contribution in [0.5, 0.6) is 5.75 Å². The Balaban J connectivity index is 2.01. The average molecular weight is 278 g/mol. The predicted octanol–water partition coefficient (Wildman–Crippen LogP) is 0.458. The summed E-state index contributed by atoms with van der Waals surface area (Å²) in [5, 5.41) is 19.0. The van der Waals surface area contributed by atoms with Crippen LogP contribution in [0.2, 0.25) is 0 Å². The van der Waals surface area contributed by atoms with E-state index in [-0.39, 0.29) is 17.7 Å². The lowest BCUT2D eigenvalue weighted by Crippen LogP contribution is -2.42. The number of likely N-dealkylation sites (N-methyl/N-ethyl adjacent to an activating group) is 1. The van der Waals surface area contributed by atoms with Gasteiger partial charge in [-0.15, -0.1) is 0 Å². The van der Waals surface area contributed by atoms with Crippen molar-refractivity contribution < 1.29 is 15.0 Å². The zero-order valence-electron chi connectivity index (χ0n) is 12.0. The van der Waals surface area contributed by atoms with Gasteiger partial charge in [-0.25, -0.2) is 0 Å². The van der Waals surface area contributed by atoms with Gasteiger partial charge in [0.2, 0.25) is 5.91 Å². The summed E-state index contributed by atoms with van der Waals surface area (Å²) in [7, 11) is 3.93. The second-order valence-electron chi connectivity index (χ2n) is 5.69. The Morgan fingerprint density at radius 3 is 2.60 bits per heavy atom. The Hall–Kier alpha value is -1.59. The standard InChI is InChI=1S/C15H22N2O3/c1-16(2)9-12-8-14(19)10-17(12)15(20)7-11-3-5-13(18)6-4-11/h3-6,12,14,18-19H,7-10H2,1-2H3. The fraction of sp³-hybridized carbons (Fsp3) is 0.533. The molecule has 1 aliphatic rings. The first-order valence-electron chi connectivity index (χ1n) is 6.86. The van der Waals surface area contributed by atoms with Gasteiger partial charge in [-0.2, -0.15) is 0 Å². The van der Waals surface area contributed by atoms with Crippen molar-refractivity contribution in [2.75, 3.05) is 27.2 Å². The van der Waals surface area contributed by atoms with Crippen LogP contribution in [-0.2, 0) is 11.2 Å². The van der Waals surface area contributed by atoms with Crippen molar-refractivity contribution in [3.05, 3.63) is 29.8 Å². The number of nitrogens with zero attached hydrogens (tertiary/aromatic N) is 2. The molecule has 1 fully saturated rings. The van der Waals surface area contributed by atoms with Crippen molar-refractivity contribution in [2.45, 2.75) is 25.0 Å². The number of rotatable bonds is 4. The molecule has 20 heavy (non-hydrogen) atoms. The summed E-state index contributed by atoms with van der Waals surface area (Å²) in [6.07, 6.45) is 0.514. The Morgan fingerprint density at radius 1 is 1.35 bits per heavy atom. The summed E-state index contributed by atoms with van der Waals surface area (Å²) >= 11 is 0. The first-order chi connectivity index (χ1) is 9.45. The molecule has 0 aliphatic carbocycles. The third-order valence-electron chi connectivity index (χ3n) is 3.58. The fourth-order valence-corrected chi connectivity index (χ4v) is 2.68. The van der Waals surface area contributed by atoms with Gasteiger partial charge in [-0.05, 0) is 38.2 Å². The Bertz CT molecular complexity index is 459. The number of phenolic OH excluding ortho intramolecular Hbond substituents is 1. The molecule has 2 N–H and O–H groups in total. The normalized spacial score (nSPS) is 22.5. The Kier molecular flexibility index (Phi) is 4.62. The number of aromatic hydroxyl groups is 1. The molecule has 5 nitrogen and oxygen atoms in total. The van der Waals surface area contributed by atoms with E-state index < -0.39 is 6.10 Å². The Morgan fingerprint density at radius 2 is 2.00 bits per heavy atom. The number of benzene rings is 1. The van der Waals surface area contributed by atoms with Crippen molar-refractivity contribution in [1.82, 2.24) is 9.80 Å². The third-order valence-corrected chi connectivity index (χ3v) is 3.58. The van der Waals surface area contributed by atoms with E-state index in [1.807, 2.05) is 19.0 Å². The lowest BCUT2D eigenvalue weighted by Gasteiger charge is -2.27. The first-order valence-corrected chi connectivity index (χ1v) is 6.86. The predicted molar refractivity (Wildman–Crippen MR) is 76.5 cm³/mol. The van der Waals surface area contributed by atoms with Crippen LogP contribution in [0, 0.1) is 0 Å². The molecule has 2 unspecified atom stereocenters. The molecule has 110 valence electrons. The lowest BCUT2D eigenvalue weighted by molar-refractivity contribution is -0.131. The van der Waals surface area contributed by atoms with Gasteiger partial charge in [-0.1, -0.05) is 12.1 Å². The maximum atomic E-state index is 12.4. The molecule has 0 spiro atoms. The van der Waals surface area contributed by atoms with E-state index in [1.165, 1.54) is 0 Å². The smallest absolute Gasteiger partial charge is 0.227 e. The molecule has 1 aliphatic heterocycles. The van der Waals surface area contributed by atoms with Crippen molar-refractivity contribution in [3.8, 4) is 5.75 Å². The van der Waals surface area contributed by atoms with Crippen LogP contribution in [0.15, 0.2) is 24.3 Å². The van der Waals surface area contributed by atoms with Gasteiger partial charge in [0.15, 0.2) is 0 Å². The van der Waals surface area contributed by atoms with Gasteiger partial charge in [-0.3, -0.25) is 4.79 Å². The molecule has 2 atom stereocenters. The van der Waals surface area contributed by atoms with Crippen LogP contribution in [0.4, 0.5) is 0 Å². The molecular weight excluding hydrogens is 256 g/mol. The zero-order chi connectivity index (χ0) is 14.7. The van der Waals surface area contributed by atoms with Crippen molar-refractivity contribution in [3.63, 3.8) is 0 Å². The number of amides is 1. The Labute approximate surface area is 119 Å². The molecular formula is C15H22N2O3. The van der Waals surface area contributed by atoms with E-state index in [1.54, 1.807) is 29.2 Å². The van der Waals surface area contributed by atoms with Crippen LogP contribution < -0.4 is 0 Å². The van der Waals surface area contributed by atoms with Crippen LogP contribution in [0.25, 0.3) is 0 Å². The maximum Gasteiger partial charge on any atom is 0.227 e. The highest BCUT2D eigenvalue weighted by atomic mass is 16.3. The molecule has 1 aromatic carbocycles. The summed E-state index contributed by atoms with van der Waals surface area (Å²) in [5.74, 6) is 0.224. The summed E-state index contributed by atoms with van der Waals surface area (Å²) in [4.78, 5) is 16.2. The van der Waals surface area contributed by atoms with Gasteiger partial charge < -0.3 is 20.0 Å². The number of aliphatic hydroxyl groups excluding tert-OH is 1. The highest BCUT2D eigenvalue weighted by Crippen LogP contribution is 2.20. The van der Waals surface area contributed by atoms with Crippen LogP contribution in [0.1, 0.15) is 12.0 Å². The highest BCUT2D eigenvalue weighted by molar-refractivity contribution is 5.79. The summed E-state index contributed by atoms with van der Waals surface area (Å²) in [5.41, 5.74) is 0.873. The monoisotopic (exact) mass is 278 g/mol. The number of hydrogen-bond donors (Lipinski definition) is 2. The second kappa shape index (κ2) is 6.24. The van der Waals surface area contributed by atoms with Gasteiger partial charge in [0.25, 0.3) is 0 Å².